The van der Waals surface area contributed by atoms with Crippen molar-refractivity contribution in [1.82, 2.24) is 13.9 Å². The number of nitrogens with zero attached hydrogens (tertiary/aromatic N) is 3. The van der Waals surface area contributed by atoms with Gasteiger partial charge in [-0.3, -0.25) is 10.3 Å². The third-order valence-corrected chi connectivity index (χ3v) is 6.29. The Kier molecular flexibility index (Phi) is 3.46. The molecule has 0 atom stereocenters. The van der Waals surface area contributed by atoms with Crippen LogP contribution in [0.3, 0.4) is 0 Å². The Balaban J connectivity index is 1.84. The predicted molar refractivity (Wildman–Crippen MR) is 92.0 cm³/mol. The first-order valence-electron chi connectivity index (χ1n) is 7.62. The summed E-state index contributed by atoms with van der Waals surface area (Å²) in [6, 6.07) is 5.03. The van der Waals surface area contributed by atoms with Gasteiger partial charge < -0.3 is 5.11 Å². The minimum Gasteiger partial charge on any atom is -0.465 e. The summed E-state index contributed by atoms with van der Waals surface area (Å²) in [5.41, 5.74) is 1.91. The van der Waals surface area contributed by atoms with Crippen LogP contribution >= 0.6 is 0 Å². The molecule has 1 aliphatic rings. The van der Waals surface area contributed by atoms with Gasteiger partial charge in [-0.05, 0) is 36.6 Å². The van der Waals surface area contributed by atoms with Gasteiger partial charge in [0.15, 0.2) is 0 Å². The lowest BCUT2D eigenvalue weighted by Gasteiger charge is -2.08. The zero-order valence-electron chi connectivity index (χ0n) is 13.0. The van der Waals surface area contributed by atoms with Crippen molar-refractivity contribution in [3.63, 3.8) is 0 Å². The molecule has 1 saturated carbocycles. The molecule has 128 valence electrons. The highest BCUT2D eigenvalue weighted by Crippen LogP contribution is 2.34. The zero-order valence-corrected chi connectivity index (χ0v) is 13.8. The largest absolute Gasteiger partial charge is 0.465 e. The Morgan fingerprint density at radius 1 is 1.28 bits per heavy atom. The van der Waals surface area contributed by atoms with Crippen LogP contribution in [-0.2, 0) is 10.0 Å². The van der Waals surface area contributed by atoms with E-state index in [-0.39, 0.29) is 11.1 Å². The number of hydrogen-bond donors (Lipinski definition) is 2. The summed E-state index contributed by atoms with van der Waals surface area (Å²) in [6.45, 7) is 0. The van der Waals surface area contributed by atoms with Crippen LogP contribution < -0.4 is 5.32 Å². The molecule has 4 rings (SSSR count). The van der Waals surface area contributed by atoms with E-state index in [1.54, 1.807) is 30.6 Å². The molecule has 0 radical (unpaired) electrons. The molecular weight excluding hydrogens is 344 g/mol. The fraction of sp³-hybridized carbons (Fsp3) is 0.188. The smallest absolute Gasteiger partial charge is 0.410 e. The number of nitrogens with one attached hydrogen (secondary N) is 1. The van der Waals surface area contributed by atoms with Crippen LogP contribution in [0.5, 0.6) is 0 Å². The van der Waals surface area contributed by atoms with E-state index in [9.17, 15) is 13.2 Å². The summed E-state index contributed by atoms with van der Waals surface area (Å²) in [7, 11) is -3.40. The number of rotatable bonds is 4. The zero-order chi connectivity index (χ0) is 17.6. The first-order chi connectivity index (χ1) is 12.0. The molecule has 0 bridgehead atoms. The Bertz CT molecular complexity index is 1090. The summed E-state index contributed by atoms with van der Waals surface area (Å²) in [6.07, 6.45) is 6.33. The Labute approximate surface area is 143 Å². The molecule has 0 spiro atoms. The number of pyridine rings is 2. The lowest BCUT2D eigenvalue weighted by Crippen LogP contribution is -2.16. The Hall–Kier alpha value is -2.94. The van der Waals surface area contributed by atoms with Gasteiger partial charge in [0.1, 0.15) is 5.82 Å². The van der Waals surface area contributed by atoms with E-state index in [1.165, 1.54) is 16.4 Å². The van der Waals surface area contributed by atoms with Gasteiger partial charge in [0.2, 0.25) is 10.0 Å². The van der Waals surface area contributed by atoms with Crippen molar-refractivity contribution in [3.05, 3.63) is 43.0 Å². The van der Waals surface area contributed by atoms with E-state index in [4.69, 9.17) is 5.11 Å². The van der Waals surface area contributed by atoms with Gasteiger partial charge in [0.05, 0.1) is 17.0 Å². The number of hydrogen-bond acceptors (Lipinski definition) is 5. The average molecular weight is 358 g/mol. The maximum Gasteiger partial charge on any atom is 0.410 e. The number of anilines is 1. The van der Waals surface area contributed by atoms with E-state index < -0.39 is 16.1 Å². The molecule has 3 aromatic heterocycles. The molecule has 25 heavy (non-hydrogen) atoms. The normalized spacial score (nSPS) is 14.6. The maximum atomic E-state index is 12.5. The molecule has 2 N–H and O–H groups in total. The van der Waals surface area contributed by atoms with Crippen molar-refractivity contribution in [2.24, 2.45) is 0 Å². The summed E-state index contributed by atoms with van der Waals surface area (Å²) >= 11 is 0. The maximum absolute atomic E-state index is 12.5. The third-order valence-electron chi connectivity index (χ3n) is 4.11. The monoisotopic (exact) mass is 358 g/mol. The fourth-order valence-corrected chi connectivity index (χ4v) is 4.49. The molecule has 0 saturated heterocycles. The standard InChI is InChI=1S/C16H14N4O4S/c21-16(22)19-15-7-10(3-5-18-15)13-8-17-9-14-12(13)4-6-20(14)25(23,24)11-1-2-11/h3-9,11H,1-2H2,(H,18,19)(H,21,22). The van der Waals surface area contributed by atoms with Crippen molar-refractivity contribution in [3.8, 4) is 11.1 Å². The van der Waals surface area contributed by atoms with Crippen molar-refractivity contribution < 1.29 is 18.3 Å². The Morgan fingerprint density at radius 3 is 2.80 bits per heavy atom. The van der Waals surface area contributed by atoms with Gasteiger partial charge >= 0.3 is 6.09 Å². The molecule has 0 unspecified atom stereocenters. The lowest BCUT2D eigenvalue weighted by molar-refractivity contribution is 0.209. The van der Waals surface area contributed by atoms with Crippen LogP contribution in [0.2, 0.25) is 0 Å². The number of amides is 1. The number of carbonyl (C=O) groups is 1. The van der Waals surface area contributed by atoms with Crippen LogP contribution in [0.25, 0.3) is 22.0 Å². The molecule has 8 nitrogen and oxygen atoms in total. The van der Waals surface area contributed by atoms with Crippen LogP contribution in [-0.4, -0.2) is 38.8 Å². The molecule has 0 aromatic carbocycles. The van der Waals surface area contributed by atoms with Gasteiger partial charge in [-0.1, -0.05) is 0 Å². The molecule has 0 aliphatic heterocycles. The molecule has 3 aromatic rings. The first kappa shape index (κ1) is 15.6. The summed E-state index contributed by atoms with van der Waals surface area (Å²) in [5.74, 6) is 0.187. The highest BCUT2D eigenvalue weighted by Gasteiger charge is 2.37. The van der Waals surface area contributed by atoms with E-state index >= 15 is 0 Å². The van der Waals surface area contributed by atoms with Gasteiger partial charge in [0.25, 0.3) is 0 Å². The topological polar surface area (TPSA) is 114 Å². The van der Waals surface area contributed by atoms with Gasteiger partial charge in [-0.15, -0.1) is 0 Å². The van der Waals surface area contributed by atoms with E-state index in [2.05, 4.69) is 15.3 Å². The minimum atomic E-state index is -3.40. The van der Waals surface area contributed by atoms with Crippen molar-refractivity contribution >= 4 is 32.8 Å². The third kappa shape index (κ3) is 2.72. The highest BCUT2D eigenvalue weighted by molar-refractivity contribution is 7.91. The second kappa shape index (κ2) is 5.55. The average Bonchev–Trinajstić information content (AvgIpc) is 3.34. The van der Waals surface area contributed by atoms with E-state index in [0.717, 1.165) is 5.39 Å². The molecule has 3 heterocycles. The molecular formula is C16H14N4O4S. The lowest BCUT2D eigenvalue weighted by atomic mass is 10.1. The van der Waals surface area contributed by atoms with Crippen molar-refractivity contribution in [1.29, 1.82) is 0 Å². The molecule has 1 amide bonds. The highest BCUT2D eigenvalue weighted by atomic mass is 32.2. The SMILES string of the molecule is O=C(O)Nc1cc(-c2cncc3c2ccn3S(=O)(=O)C2CC2)ccn1. The quantitative estimate of drug-likeness (QED) is 0.741. The van der Waals surface area contributed by atoms with Crippen LogP contribution in [0, 0.1) is 0 Å². The van der Waals surface area contributed by atoms with Crippen LogP contribution in [0.4, 0.5) is 10.6 Å². The van der Waals surface area contributed by atoms with Crippen molar-refractivity contribution in [2.45, 2.75) is 18.1 Å². The van der Waals surface area contributed by atoms with Crippen LogP contribution in [0.15, 0.2) is 43.0 Å². The number of aromatic nitrogens is 3. The van der Waals surface area contributed by atoms with Crippen molar-refractivity contribution in [2.75, 3.05) is 5.32 Å². The predicted octanol–water partition coefficient (Wildman–Crippen LogP) is 2.53. The second-order valence-corrected chi connectivity index (χ2v) is 7.93. The Morgan fingerprint density at radius 2 is 2.08 bits per heavy atom. The van der Waals surface area contributed by atoms with E-state index in [0.29, 0.717) is 29.5 Å². The van der Waals surface area contributed by atoms with Gasteiger partial charge in [0, 0.05) is 29.5 Å². The molecule has 9 heteroatoms. The van der Waals surface area contributed by atoms with Gasteiger partial charge in [-0.2, -0.15) is 0 Å². The number of fused-ring (bicyclic) bond motifs is 1. The van der Waals surface area contributed by atoms with Gasteiger partial charge in [-0.25, -0.2) is 22.2 Å². The molecule has 1 aliphatic carbocycles. The summed E-state index contributed by atoms with van der Waals surface area (Å²) in [5, 5.41) is 11.4. The summed E-state index contributed by atoms with van der Waals surface area (Å²) in [4.78, 5) is 18.9. The van der Waals surface area contributed by atoms with Crippen LogP contribution in [0.1, 0.15) is 12.8 Å². The molecule has 1 fully saturated rings. The first-order valence-corrected chi connectivity index (χ1v) is 9.13. The minimum absolute atomic E-state index is 0.187. The number of carboxylic acid groups (broad SMARTS) is 1. The second-order valence-electron chi connectivity index (χ2n) is 5.84. The fourth-order valence-electron chi connectivity index (χ4n) is 2.79. The summed E-state index contributed by atoms with van der Waals surface area (Å²) < 4.78 is 26.4. The van der Waals surface area contributed by atoms with E-state index in [1.807, 2.05) is 0 Å².